The second kappa shape index (κ2) is 11.2. The molecule has 3 aromatic rings. The Labute approximate surface area is 185 Å². The summed E-state index contributed by atoms with van der Waals surface area (Å²) in [6.45, 7) is 0.730. The van der Waals surface area contributed by atoms with Crippen LogP contribution in [0.3, 0.4) is 0 Å². The number of nitrogens with zero attached hydrogens (tertiary/aromatic N) is 2. The highest BCUT2D eigenvalue weighted by molar-refractivity contribution is 5.40. The highest BCUT2D eigenvalue weighted by atomic mass is 19.1. The van der Waals surface area contributed by atoms with Gasteiger partial charge in [0.25, 0.3) is 0 Å². The SMILES string of the molecule is COc1cccc(CNCC(O)C(Cc2cc(F)cc(F)c2)Nc2ccc(C#N)cn2)c1. The summed E-state index contributed by atoms with van der Waals surface area (Å²) in [5, 5.41) is 26.1. The van der Waals surface area contributed by atoms with Gasteiger partial charge >= 0.3 is 0 Å². The number of aliphatic hydroxyl groups excluding tert-OH is 1. The molecule has 3 N–H and O–H groups in total. The molecule has 0 saturated carbocycles. The average molecular weight is 438 g/mol. The Morgan fingerprint density at radius 2 is 1.88 bits per heavy atom. The molecule has 6 nitrogen and oxygen atoms in total. The predicted octanol–water partition coefficient (Wildman–Crippen LogP) is 3.41. The minimum absolute atomic E-state index is 0.165. The number of methoxy groups -OCH3 is 1. The molecule has 0 radical (unpaired) electrons. The summed E-state index contributed by atoms with van der Waals surface area (Å²) in [6.07, 6.45) is 0.678. The van der Waals surface area contributed by atoms with Crippen LogP contribution in [0.1, 0.15) is 16.7 Å². The monoisotopic (exact) mass is 438 g/mol. The molecule has 0 aliphatic rings. The number of benzene rings is 2. The van der Waals surface area contributed by atoms with Gasteiger partial charge in [-0.3, -0.25) is 0 Å². The van der Waals surface area contributed by atoms with E-state index in [1.165, 1.54) is 18.3 Å². The zero-order chi connectivity index (χ0) is 22.9. The summed E-state index contributed by atoms with van der Waals surface area (Å²) in [5.74, 6) is -0.177. The highest BCUT2D eigenvalue weighted by Gasteiger charge is 2.21. The van der Waals surface area contributed by atoms with Crippen molar-refractivity contribution >= 4 is 5.82 Å². The van der Waals surface area contributed by atoms with Gasteiger partial charge in [0.05, 0.1) is 24.8 Å². The summed E-state index contributed by atoms with van der Waals surface area (Å²) in [5.41, 5.74) is 1.79. The molecule has 2 aromatic carbocycles. The molecule has 0 bridgehead atoms. The fraction of sp³-hybridized carbons (Fsp3) is 0.250. The van der Waals surface area contributed by atoms with Crippen molar-refractivity contribution in [3.05, 3.63) is 89.1 Å². The van der Waals surface area contributed by atoms with Gasteiger partial charge in [0.1, 0.15) is 29.3 Å². The van der Waals surface area contributed by atoms with E-state index in [-0.39, 0.29) is 13.0 Å². The van der Waals surface area contributed by atoms with Crippen LogP contribution in [-0.4, -0.2) is 35.9 Å². The lowest BCUT2D eigenvalue weighted by Crippen LogP contribution is -2.42. The van der Waals surface area contributed by atoms with Crippen LogP contribution >= 0.6 is 0 Å². The fourth-order valence-corrected chi connectivity index (χ4v) is 3.29. The first kappa shape index (κ1) is 23.1. The molecule has 8 heteroatoms. The lowest BCUT2D eigenvalue weighted by molar-refractivity contribution is 0.148. The lowest BCUT2D eigenvalue weighted by atomic mass is 10.0. The molecule has 1 heterocycles. The van der Waals surface area contributed by atoms with Gasteiger partial charge < -0.3 is 20.5 Å². The van der Waals surface area contributed by atoms with Crippen LogP contribution in [0.5, 0.6) is 5.75 Å². The molecule has 1 aromatic heterocycles. The van der Waals surface area contributed by atoms with Crippen molar-refractivity contribution < 1.29 is 18.6 Å². The van der Waals surface area contributed by atoms with E-state index in [0.29, 0.717) is 23.5 Å². The maximum atomic E-state index is 13.7. The van der Waals surface area contributed by atoms with Gasteiger partial charge in [0, 0.05) is 25.4 Å². The smallest absolute Gasteiger partial charge is 0.126 e. The molecule has 166 valence electrons. The summed E-state index contributed by atoms with van der Waals surface area (Å²) in [7, 11) is 1.60. The largest absolute Gasteiger partial charge is 0.497 e. The summed E-state index contributed by atoms with van der Waals surface area (Å²) >= 11 is 0. The van der Waals surface area contributed by atoms with Gasteiger partial charge in [-0.05, 0) is 53.9 Å². The van der Waals surface area contributed by atoms with Crippen molar-refractivity contribution in [3.63, 3.8) is 0 Å². The van der Waals surface area contributed by atoms with Crippen LogP contribution in [0.2, 0.25) is 0 Å². The van der Waals surface area contributed by atoms with E-state index in [4.69, 9.17) is 10.00 Å². The number of hydrogen-bond donors (Lipinski definition) is 3. The van der Waals surface area contributed by atoms with Crippen molar-refractivity contribution in [2.24, 2.45) is 0 Å². The number of halogens is 2. The van der Waals surface area contributed by atoms with Gasteiger partial charge in [0.15, 0.2) is 0 Å². The first-order chi connectivity index (χ1) is 15.5. The van der Waals surface area contributed by atoms with Crippen molar-refractivity contribution in [1.82, 2.24) is 10.3 Å². The van der Waals surface area contributed by atoms with E-state index in [9.17, 15) is 13.9 Å². The number of ether oxygens (including phenoxy) is 1. The van der Waals surface area contributed by atoms with Crippen molar-refractivity contribution in [1.29, 1.82) is 5.26 Å². The summed E-state index contributed by atoms with van der Waals surface area (Å²) < 4.78 is 32.5. The van der Waals surface area contributed by atoms with Gasteiger partial charge in [-0.15, -0.1) is 0 Å². The van der Waals surface area contributed by atoms with Crippen LogP contribution in [0.15, 0.2) is 60.8 Å². The Morgan fingerprint density at radius 1 is 1.09 bits per heavy atom. The van der Waals surface area contributed by atoms with Crippen molar-refractivity contribution in [3.8, 4) is 11.8 Å². The zero-order valence-electron chi connectivity index (χ0n) is 17.6. The quantitative estimate of drug-likeness (QED) is 0.450. The maximum Gasteiger partial charge on any atom is 0.126 e. The molecule has 0 aliphatic carbocycles. The zero-order valence-corrected chi connectivity index (χ0v) is 17.6. The standard InChI is InChI=1S/C24H24F2N4O2/c1-32-21-4-2-3-16(9-21)13-28-15-23(31)22(10-18-7-19(25)11-20(26)8-18)30-24-6-5-17(12-27)14-29-24/h2-9,11,14,22-23,28,31H,10,13,15H2,1H3,(H,29,30). The normalized spacial score (nSPS) is 12.6. The molecular formula is C24H24F2N4O2. The van der Waals surface area contributed by atoms with Gasteiger partial charge in [-0.25, -0.2) is 13.8 Å². The summed E-state index contributed by atoms with van der Waals surface area (Å²) in [6, 6.07) is 15.5. The lowest BCUT2D eigenvalue weighted by Gasteiger charge is -2.25. The second-order valence-electron chi connectivity index (χ2n) is 7.33. The topological polar surface area (TPSA) is 90.2 Å². The minimum Gasteiger partial charge on any atom is -0.497 e. The third-order valence-corrected chi connectivity index (χ3v) is 4.89. The van der Waals surface area contributed by atoms with Crippen LogP contribution in [-0.2, 0) is 13.0 Å². The molecule has 0 aliphatic heterocycles. The van der Waals surface area contributed by atoms with Gasteiger partial charge in [0.2, 0.25) is 0 Å². The molecule has 32 heavy (non-hydrogen) atoms. The van der Waals surface area contributed by atoms with Crippen LogP contribution < -0.4 is 15.4 Å². The Kier molecular flexibility index (Phi) is 8.08. The molecule has 2 unspecified atom stereocenters. The van der Waals surface area contributed by atoms with E-state index in [0.717, 1.165) is 17.4 Å². The molecule has 0 spiro atoms. The van der Waals surface area contributed by atoms with Crippen LogP contribution in [0.25, 0.3) is 0 Å². The highest BCUT2D eigenvalue weighted by Crippen LogP contribution is 2.16. The minimum atomic E-state index is -0.899. The third kappa shape index (κ3) is 6.74. The van der Waals surface area contributed by atoms with Crippen molar-refractivity contribution in [2.45, 2.75) is 25.1 Å². The predicted molar refractivity (Wildman–Crippen MR) is 117 cm³/mol. The molecule has 3 rings (SSSR count). The number of nitrogens with one attached hydrogen (secondary N) is 2. The average Bonchev–Trinajstić information content (AvgIpc) is 2.78. The van der Waals surface area contributed by atoms with E-state index in [2.05, 4.69) is 15.6 Å². The number of aromatic nitrogens is 1. The molecule has 0 fully saturated rings. The molecule has 2 atom stereocenters. The Hall–Kier alpha value is -3.54. The van der Waals surface area contributed by atoms with Crippen LogP contribution in [0.4, 0.5) is 14.6 Å². The van der Waals surface area contributed by atoms with Crippen LogP contribution in [0, 0.1) is 23.0 Å². The van der Waals surface area contributed by atoms with Gasteiger partial charge in [-0.2, -0.15) is 5.26 Å². The Balaban J connectivity index is 1.69. The van der Waals surface area contributed by atoms with E-state index in [1.54, 1.807) is 19.2 Å². The van der Waals surface area contributed by atoms with Crippen molar-refractivity contribution in [2.75, 3.05) is 19.0 Å². The number of nitriles is 1. The van der Waals surface area contributed by atoms with Gasteiger partial charge in [-0.1, -0.05) is 12.1 Å². The first-order valence-corrected chi connectivity index (χ1v) is 10.1. The Morgan fingerprint density at radius 3 is 2.53 bits per heavy atom. The molecular weight excluding hydrogens is 414 g/mol. The second-order valence-corrected chi connectivity index (χ2v) is 7.33. The van der Waals surface area contributed by atoms with E-state index >= 15 is 0 Å². The fourth-order valence-electron chi connectivity index (χ4n) is 3.29. The first-order valence-electron chi connectivity index (χ1n) is 10.1. The Bertz CT molecular complexity index is 1050. The number of hydrogen-bond acceptors (Lipinski definition) is 6. The summed E-state index contributed by atoms with van der Waals surface area (Å²) in [4.78, 5) is 4.17. The molecule has 0 saturated heterocycles. The number of anilines is 1. The number of pyridine rings is 1. The molecule has 0 amide bonds. The van der Waals surface area contributed by atoms with E-state index < -0.39 is 23.8 Å². The number of aliphatic hydroxyl groups is 1. The third-order valence-electron chi connectivity index (χ3n) is 4.89. The number of rotatable bonds is 10. The van der Waals surface area contributed by atoms with E-state index in [1.807, 2.05) is 30.3 Å². The maximum absolute atomic E-state index is 13.7.